The van der Waals surface area contributed by atoms with Gasteiger partial charge in [0.05, 0.1) is 0 Å². The van der Waals surface area contributed by atoms with E-state index in [2.05, 4.69) is 29.5 Å². The predicted molar refractivity (Wildman–Crippen MR) is 63.8 cm³/mol. The van der Waals surface area contributed by atoms with Crippen LogP contribution < -0.4 is 5.32 Å². The Morgan fingerprint density at radius 1 is 1.57 bits per heavy atom. The molecule has 78 valence electrons. The zero-order valence-corrected chi connectivity index (χ0v) is 9.68. The maximum Gasteiger partial charge on any atom is 0.0300 e. The Bertz CT molecular complexity index is 238. The first kappa shape index (κ1) is 11.5. The normalized spacial score (nSPS) is 12.7. The minimum atomic E-state index is 0.599. The van der Waals surface area contributed by atoms with Gasteiger partial charge in [-0.15, -0.1) is 0 Å². The second-order valence-corrected chi connectivity index (χ2v) is 4.33. The Kier molecular flexibility index (Phi) is 5.64. The van der Waals surface area contributed by atoms with Gasteiger partial charge in [-0.05, 0) is 37.8 Å². The van der Waals surface area contributed by atoms with E-state index in [1.54, 1.807) is 0 Å². The minimum absolute atomic E-state index is 0.599. The summed E-state index contributed by atoms with van der Waals surface area (Å²) in [7, 11) is 0. The summed E-state index contributed by atoms with van der Waals surface area (Å²) in [5, 5.41) is 3.48. The molecule has 14 heavy (non-hydrogen) atoms. The van der Waals surface area contributed by atoms with Crippen LogP contribution in [0.25, 0.3) is 0 Å². The third-order valence-electron chi connectivity index (χ3n) is 2.05. The van der Waals surface area contributed by atoms with E-state index < -0.39 is 0 Å². The second kappa shape index (κ2) is 6.85. The van der Waals surface area contributed by atoms with Crippen LogP contribution >= 0.6 is 11.8 Å². The Labute approximate surface area is 90.5 Å². The molecule has 0 fully saturated rings. The summed E-state index contributed by atoms with van der Waals surface area (Å²) in [4.78, 5) is 4.09. The smallest absolute Gasteiger partial charge is 0.0300 e. The molecule has 1 N–H and O–H groups in total. The number of hydrogen-bond acceptors (Lipinski definition) is 3. The molecule has 1 unspecified atom stereocenters. The molecule has 0 amide bonds. The van der Waals surface area contributed by atoms with Crippen molar-refractivity contribution in [3.8, 4) is 0 Å². The van der Waals surface area contributed by atoms with Crippen LogP contribution in [0.3, 0.4) is 0 Å². The molecule has 1 heterocycles. The molecular formula is C11H18N2S. The van der Waals surface area contributed by atoms with Crippen molar-refractivity contribution in [2.45, 2.75) is 19.4 Å². The van der Waals surface area contributed by atoms with Gasteiger partial charge in [0.2, 0.25) is 0 Å². The fourth-order valence-corrected chi connectivity index (χ4v) is 1.94. The fourth-order valence-electron chi connectivity index (χ4n) is 1.32. The zero-order chi connectivity index (χ0) is 10.2. The van der Waals surface area contributed by atoms with Crippen LogP contribution in [-0.4, -0.2) is 29.6 Å². The number of aromatic nitrogens is 1. The molecule has 1 atom stereocenters. The topological polar surface area (TPSA) is 24.9 Å². The van der Waals surface area contributed by atoms with Crippen LogP contribution in [0.15, 0.2) is 24.5 Å². The molecule has 2 nitrogen and oxygen atoms in total. The molecule has 0 aliphatic rings. The van der Waals surface area contributed by atoms with Crippen molar-refractivity contribution < 1.29 is 0 Å². The summed E-state index contributed by atoms with van der Waals surface area (Å²) in [5.41, 5.74) is 1.30. The van der Waals surface area contributed by atoms with E-state index in [-0.39, 0.29) is 0 Å². The van der Waals surface area contributed by atoms with Gasteiger partial charge in [-0.3, -0.25) is 4.98 Å². The lowest BCUT2D eigenvalue weighted by Crippen LogP contribution is -2.29. The van der Waals surface area contributed by atoms with E-state index in [4.69, 9.17) is 0 Å². The van der Waals surface area contributed by atoms with Crippen molar-refractivity contribution in [1.29, 1.82) is 0 Å². The lowest BCUT2D eigenvalue weighted by atomic mass is 10.2. The highest BCUT2D eigenvalue weighted by Crippen LogP contribution is 1.98. The molecule has 0 spiro atoms. The van der Waals surface area contributed by atoms with Crippen molar-refractivity contribution in [2.24, 2.45) is 0 Å². The van der Waals surface area contributed by atoms with Gasteiger partial charge in [0, 0.05) is 24.2 Å². The largest absolute Gasteiger partial charge is 0.313 e. The number of hydrogen-bond donors (Lipinski definition) is 1. The summed E-state index contributed by atoms with van der Waals surface area (Å²) in [6.07, 6.45) is 6.94. The van der Waals surface area contributed by atoms with Gasteiger partial charge in [-0.2, -0.15) is 11.8 Å². The molecule has 1 rings (SSSR count). The van der Waals surface area contributed by atoms with Crippen molar-refractivity contribution >= 4 is 11.8 Å². The molecule has 0 aliphatic carbocycles. The lowest BCUT2D eigenvalue weighted by molar-refractivity contribution is 0.597. The first-order chi connectivity index (χ1) is 6.83. The third-order valence-corrected chi connectivity index (χ3v) is 2.88. The average molecular weight is 210 g/mol. The quantitative estimate of drug-likeness (QED) is 0.777. The highest BCUT2D eigenvalue weighted by atomic mass is 32.2. The summed E-state index contributed by atoms with van der Waals surface area (Å²) < 4.78 is 0. The zero-order valence-electron chi connectivity index (χ0n) is 8.86. The molecule has 0 saturated heterocycles. The van der Waals surface area contributed by atoms with Crippen LogP contribution in [0.2, 0.25) is 0 Å². The van der Waals surface area contributed by atoms with E-state index in [1.165, 1.54) is 11.3 Å². The number of pyridine rings is 1. The summed E-state index contributed by atoms with van der Waals surface area (Å²) in [6, 6.07) is 4.70. The van der Waals surface area contributed by atoms with Gasteiger partial charge >= 0.3 is 0 Å². The van der Waals surface area contributed by atoms with E-state index in [0.29, 0.717) is 6.04 Å². The first-order valence-electron chi connectivity index (χ1n) is 4.94. The number of nitrogens with one attached hydrogen (secondary N) is 1. The van der Waals surface area contributed by atoms with Gasteiger partial charge in [0.1, 0.15) is 0 Å². The van der Waals surface area contributed by atoms with E-state index >= 15 is 0 Å². The maximum absolute atomic E-state index is 4.09. The van der Waals surface area contributed by atoms with Crippen molar-refractivity contribution in [2.75, 3.05) is 18.6 Å². The molecule has 0 aliphatic heterocycles. The van der Waals surface area contributed by atoms with E-state index in [9.17, 15) is 0 Å². The van der Waals surface area contributed by atoms with Crippen molar-refractivity contribution in [1.82, 2.24) is 10.3 Å². The van der Waals surface area contributed by atoms with Crippen molar-refractivity contribution in [3.05, 3.63) is 30.1 Å². The highest BCUT2D eigenvalue weighted by Gasteiger charge is 1.98. The van der Waals surface area contributed by atoms with Crippen LogP contribution in [-0.2, 0) is 6.42 Å². The van der Waals surface area contributed by atoms with Gasteiger partial charge < -0.3 is 5.32 Å². The van der Waals surface area contributed by atoms with Crippen molar-refractivity contribution in [3.63, 3.8) is 0 Å². The number of thioether (sulfide) groups is 1. The fraction of sp³-hybridized carbons (Fsp3) is 0.545. The Balaban J connectivity index is 2.16. The Morgan fingerprint density at radius 3 is 3.07 bits per heavy atom. The summed E-state index contributed by atoms with van der Waals surface area (Å²) >= 11 is 1.88. The molecule has 0 aromatic carbocycles. The first-order valence-corrected chi connectivity index (χ1v) is 6.33. The Hall–Kier alpha value is -0.540. The molecule has 3 heteroatoms. The SMILES string of the molecule is CSCC(C)NCCc1cccnc1. The molecule has 1 aromatic rings. The lowest BCUT2D eigenvalue weighted by Gasteiger charge is -2.11. The van der Waals surface area contributed by atoms with Crippen LogP contribution in [0.5, 0.6) is 0 Å². The van der Waals surface area contributed by atoms with Crippen LogP contribution in [0, 0.1) is 0 Å². The molecule has 0 bridgehead atoms. The molecule has 0 saturated carbocycles. The summed E-state index contributed by atoms with van der Waals surface area (Å²) in [6.45, 7) is 3.26. The number of nitrogens with zero attached hydrogens (tertiary/aromatic N) is 1. The van der Waals surface area contributed by atoms with Crippen LogP contribution in [0.4, 0.5) is 0 Å². The van der Waals surface area contributed by atoms with Gasteiger partial charge in [0.25, 0.3) is 0 Å². The third kappa shape index (κ3) is 4.63. The van der Waals surface area contributed by atoms with Gasteiger partial charge in [0.15, 0.2) is 0 Å². The minimum Gasteiger partial charge on any atom is -0.313 e. The molecular weight excluding hydrogens is 192 g/mol. The molecule has 0 radical (unpaired) electrons. The monoisotopic (exact) mass is 210 g/mol. The van der Waals surface area contributed by atoms with Gasteiger partial charge in [-0.25, -0.2) is 0 Å². The van der Waals surface area contributed by atoms with Gasteiger partial charge in [-0.1, -0.05) is 6.07 Å². The van der Waals surface area contributed by atoms with E-state index in [1.807, 2.05) is 30.2 Å². The second-order valence-electron chi connectivity index (χ2n) is 3.42. The Morgan fingerprint density at radius 2 is 2.43 bits per heavy atom. The molecule has 1 aromatic heterocycles. The van der Waals surface area contributed by atoms with E-state index in [0.717, 1.165) is 13.0 Å². The maximum atomic E-state index is 4.09. The summed E-state index contributed by atoms with van der Waals surface area (Å²) in [5.74, 6) is 1.17. The highest BCUT2D eigenvalue weighted by molar-refractivity contribution is 7.98. The standard InChI is InChI=1S/C11H18N2S/c1-10(9-14-2)13-7-5-11-4-3-6-12-8-11/h3-4,6,8,10,13H,5,7,9H2,1-2H3. The average Bonchev–Trinajstić information content (AvgIpc) is 2.20. The van der Waals surface area contributed by atoms with Crippen LogP contribution in [0.1, 0.15) is 12.5 Å². The predicted octanol–water partition coefficient (Wildman–Crippen LogP) is 1.97. The number of rotatable bonds is 6.